The van der Waals surface area contributed by atoms with E-state index in [4.69, 9.17) is 4.74 Å². The molecule has 1 aliphatic heterocycles. The topological polar surface area (TPSA) is 36.9 Å². The van der Waals surface area contributed by atoms with E-state index in [-0.39, 0.29) is 6.10 Å². The summed E-state index contributed by atoms with van der Waals surface area (Å²) in [5.74, 6) is 2.44. The van der Waals surface area contributed by atoms with Crippen molar-refractivity contribution in [1.82, 2.24) is 10.2 Å². The van der Waals surface area contributed by atoms with Gasteiger partial charge in [-0.15, -0.1) is 0 Å². The van der Waals surface area contributed by atoms with Gasteiger partial charge in [0, 0.05) is 13.6 Å². The number of nitrogens with zero attached hydrogens (tertiary/aromatic N) is 2. The number of benzene rings is 1. The van der Waals surface area contributed by atoms with Crippen LogP contribution in [0.25, 0.3) is 0 Å². The summed E-state index contributed by atoms with van der Waals surface area (Å²) in [6, 6.07) is 8.36. The molecule has 4 nitrogen and oxygen atoms in total. The second-order valence-electron chi connectivity index (χ2n) is 5.66. The lowest BCUT2D eigenvalue weighted by molar-refractivity contribution is 0.223. The average Bonchev–Trinajstić information content (AvgIpc) is 2.82. The van der Waals surface area contributed by atoms with Crippen molar-refractivity contribution in [2.45, 2.75) is 32.8 Å². The number of likely N-dealkylation sites (N-methyl/N-ethyl adjacent to an activating group) is 1. The van der Waals surface area contributed by atoms with Gasteiger partial charge in [-0.2, -0.15) is 0 Å². The number of rotatable bonds is 5. The fourth-order valence-electron chi connectivity index (χ4n) is 2.16. The Morgan fingerprint density at radius 2 is 1.95 bits per heavy atom. The maximum absolute atomic E-state index is 5.91. The third-order valence-corrected chi connectivity index (χ3v) is 3.49. The molecule has 1 aromatic carbocycles. The summed E-state index contributed by atoms with van der Waals surface area (Å²) in [6.07, 6.45) is 0.108. The summed E-state index contributed by atoms with van der Waals surface area (Å²) < 4.78 is 5.91. The van der Waals surface area contributed by atoms with Crippen LogP contribution in [0.3, 0.4) is 0 Å². The van der Waals surface area contributed by atoms with Crippen LogP contribution in [0.4, 0.5) is 0 Å². The molecular weight excluding hydrogens is 250 g/mol. The molecule has 1 atom stereocenters. The smallest absolute Gasteiger partial charge is 0.193 e. The zero-order valence-electron chi connectivity index (χ0n) is 12.9. The van der Waals surface area contributed by atoms with Gasteiger partial charge in [0.2, 0.25) is 0 Å². The average molecular weight is 275 g/mol. The minimum atomic E-state index is 0.108. The van der Waals surface area contributed by atoms with E-state index in [0.717, 1.165) is 31.3 Å². The number of hydrogen-bond acceptors (Lipinski definition) is 4. The van der Waals surface area contributed by atoms with Crippen molar-refractivity contribution in [1.29, 1.82) is 0 Å². The molecule has 20 heavy (non-hydrogen) atoms. The molecule has 1 heterocycles. The summed E-state index contributed by atoms with van der Waals surface area (Å²) >= 11 is 0. The molecule has 0 radical (unpaired) electrons. The van der Waals surface area contributed by atoms with Gasteiger partial charge < -0.3 is 15.0 Å². The molecule has 1 aliphatic rings. The second-order valence-corrected chi connectivity index (χ2v) is 5.66. The maximum Gasteiger partial charge on any atom is 0.193 e. The van der Waals surface area contributed by atoms with Crippen LogP contribution in [-0.4, -0.2) is 43.6 Å². The van der Waals surface area contributed by atoms with Crippen molar-refractivity contribution in [3.8, 4) is 5.75 Å². The molecule has 110 valence electrons. The van der Waals surface area contributed by atoms with Gasteiger partial charge in [0.25, 0.3) is 0 Å². The monoisotopic (exact) mass is 275 g/mol. The minimum Gasteiger partial charge on any atom is -0.489 e. The standard InChI is InChI=1S/C16H25N3O/c1-12(2)14-5-7-15(8-6-14)20-13(3)11-18-16-17-9-10-19(16)4/h5-8,12-13H,9-11H2,1-4H3,(H,17,18). The highest BCUT2D eigenvalue weighted by atomic mass is 16.5. The highest BCUT2D eigenvalue weighted by Crippen LogP contribution is 2.19. The summed E-state index contributed by atoms with van der Waals surface area (Å²) in [6.45, 7) is 9.09. The highest BCUT2D eigenvalue weighted by Gasteiger charge is 2.13. The molecule has 0 saturated carbocycles. The van der Waals surface area contributed by atoms with Crippen LogP contribution < -0.4 is 10.1 Å². The Morgan fingerprint density at radius 3 is 2.50 bits per heavy atom. The van der Waals surface area contributed by atoms with Crippen LogP contribution in [0.15, 0.2) is 29.3 Å². The van der Waals surface area contributed by atoms with E-state index >= 15 is 0 Å². The fraction of sp³-hybridized carbons (Fsp3) is 0.562. The predicted octanol–water partition coefficient (Wildman–Crippen LogP) is 2.47. The third kappa shape index (κ3) is 3.89. The van der Waals surface area contributed by atoms with E-state index in [1.165, 1.54) is 5.56 Å². The van der Waals surface area contributed by atoms with Gasteiger partial charge in [-0.05, 0) is 30.5 Å². The van der Waals surface area contributed by atoms with Crippen molar-refractivity contribution in [3.63, 3.8) is 0 Å². The number of hydrogen-bond donors (Lipinski definition) is 1. The van der Waals surface area contributed by atoms with Gasteiger partial charge in [0.05, 0.1) is 13.1 Å². The maximum atomic E-state index is 5.91. The first-order chi connectivity index (χ1) is 9.56. The molecule has 0 amide bonds. The van der Waals surface area contributed by atoms with Crippen molar-refractivity contribution in [2.24, 2.45) is 4.99 Å². The molecule has 1 unspecified atom stereocenters. The van der Waals surface area contributed by atoms with Crippen LogP contribution >= 0.6 is 0 Å². The number of ether oxygens (including phenoxy) is 1. The van der Waals surface area contributed by atoms with E-state index in [0.29, 0.717) is 5.92 Å². The summed E-state index contributed by atoms with van der Waals surface area (Å²) in [5.41, 5.74) is 1.34. The van der Waals surface area contributed by atoms with Gasteiger partial charge in [-0.1, -0.05) is 26.0 Å². The summed E-state index contributed by atoms with van der Waals surface area (Å²) in [5, 5.41) is 3.33. The largest absolute Gasteiger partial charge is 0.489 e. The van der Waals surface area contributed by atoms with Crippen LogP contribution in [0, 0.1) is 0 Å². The lowest BCUT2D eigenvalue weighted by Crippen LogP contribution is -2.40. The summed E-state index contributed by atoms with van der Waals surface area (Å²) in [7, 11) is 2.05. The molecule has 0 aliphatic carbocycles. The van der Waals surface area contributed by atoms with Crippen molar-refractivity contribution < 1.29 is 4.74 Å². The third-order valence-electron chi connectivity index (χ3n) is 3.49. The van der Waals surface area contributed by atoms with E-state index in [9.17, 15) is 0 Å². The SMILES string of the molecule is CC(CNC1=NCCN1C)Oc1ccc(C(C)C)cc1. The van der Waals surface area contributed by atoms with E-state index in [2.05, 4.69) is 55.2 Å². The zero-order valence-corrected chi connectivity index (χ0v) is 12.9. The Kier molecular flexibility index (Phi) is 4.88. The Bertz CT molecular complexity index is 453. The molecule has 0 fully saturated rings. The van der Waals surface area contributed by atoms with E-state index < -0.39 is 0 Å². The number of nitrogens with one attached hydrogen (secondary N) is 1. The van der Waals surface area contributed by atoms with Crippen molar-refractivity contribution in [3.05, 3.63) is 29.8 Å². The Balaban J connectivity index is 1.80. The highest BCUT2D eigenvalue weighted by molar-refractivity contribution is 5.81. The van der Waals surface area contributed by atoms with Crippen LogP contribution in [0.5, 0.6) is 5.75 Å². The first-order valence-corrected chi connectivity index (χ1v) is 7.32. The normalized spacial score (nSPS) is 16.2. The van der Waals surface area contributed by atoms with Gasteiger partial charge in [0.15, 0.2) is 5.96 Å². The molecule has 0 spiro atoms. The van der Waals surface area contributed by atoms with Crippen LogP contribution in [-0.2, 0) is 0 Å². The molecule has 0 bridgehead atoms. The van der Waals surface area contributed by atoms with Gasteiger partial charge in [-0.25, -0.2) is 0 Å². The molecule has 1 N–H and O–H groups in total. The molecular formula is C16H25N3O. The number of guanidine groups is 1. The minimum absolute atomic E-state index is 0.108. The van der Waals surface area contributed by atoms with E-state index in [1.807, 2.05) is 12.1 Å². The predicted molar refractivity (Wildman–Crippen MR) is 83.6 cm³/mol. The fourth-order valence-corrected chi connectivity index (χ4v) is 2.16. The first kappa shape index (κ1) is 14.7. The van der Waals surface area contributed by atoms with E-state index in [1.54, 1.807) is 0 Å². The second kappa shape index (κ2) is 6.64. The lowest BCUT2D eigenvalue weighted by atomic mass is 10.0. The first-order valence-electron chi connectivity index (χ1n) is 7.32. The Morgan fingerprint density at radius 1 is 1.25 bits per heavy atom. The summed E-state index contributed by atoms with van der Waals surface area (Å²) in [4.78, 5) is 6.53. The van der Waals surface area contributed by atoms with Crippen molar-refractivity contribution >= 4 is 5.96 Å². The quantitative estimate of drug-likeness (QED) is 0.897. The number of aliphatic imine (C=N–C) groups is 1. The van der Waals surface area contributed by atoms with Gasteiger partial charge >= 0.3 is 0 Å². The van der Waals surface area contributed by atoms with Crippen molar-refractivity contribution in [2.75, 3.05) is 26.7 Å². The molecule has 0 aromatic heterocycles. The molecule has 1 aromatic rings. The molecule has 4 heteroatoms. The van der Waals surface area contributed by atoms with Gasteiger partial charge in [0.1, 0.15) is 11.9 Å². The Hall–Kier alpha value is -1.71. The Labute approximate surface area is 121 Å². The lowest BCUT2D eigenvalue weighted by Gasteiger charge is -2.19. The van der Waals surface area contributed by atoms with Crippen LogP contribution in [0.2, 0.25) is 0 Å². The van der Waals surface area contributed by atoms with Crippen LogP contribution in [0.1, 0.15) is 32.3 Å². The molecule has 2 rings (SSSR count). The molecule has 0 saturated heterocycles. The van der Waals surface area contributed by atoms with Gasteiger partial charge in [-0.3, -0.25) is 4.99 Å². The zero-order chi connectivity index (χ0) is 14.5.